The second-order valence-electron chi connectivity index (χ2n) is 5.93. The van der Waals surface area contributed by atoms with Gasteiger partial charge in [0.15, 0.2) is 11.5 Å². The van der Waals surface area contributed by atoms with E-state index in [1.54, 1.807) is 20.4 Å². The minimum atomic E-state index is 0.0883. The van der Waals surface area contributed by atoms with Crippen molar-refractivity contribution in [1.29, 1.82) is 0 Å². The molecule has 22 heavy (non-hydrogen) atoms. The van der Waals surface area contributed by atoms with E-state index in [0.29, 0.717) is 23.0 Å². The van der Waals surface area contributed by atoms with Crippen LogP contribution in [0.1, 0.15) is 30.1 Å². The van der Waals surface area contributed by atoms with E-state index in [1.165, 1.54) is 0 Å². The Balaban J connectivity index is 1.95. The number of methoxy groups -OCH3 is 2. The maximum atomic E-state index is 12.8. The predicted octanol–water partition coefficient (Wildman–Crippen LogP) is 3.06. The fourth-order valence-electron chi connectivity index (χ4n) is 3.01. The number of nitrogens with zero attached hydrogens (tertiary/aromatic N) is 1. The number of ether oxygens (including phenoxy) is 2. The van der Waals surface area contributed by atoms with Crippen molar-refractivity contribution in [3.05, 3.63) is 23.9 Å². The normalized spacial score (nSPS) is 16.0. The lowest BCUT2D eigenvalue weighted by Gasteiger charge is -2.30. The fourth-order valence-corrected chi connectivity index (χ4v) is 3.01. The lowest BCUT2D eigenvalue weighted by atomic mass is 9.98. The Morgan fingerprint density at radius 2 is 1.82 bits per heavy atom. The number of benzene rings is 1. The number of rotatable bonds is 3. The summed E-state index contributed by atoms with van der Waals surface area (Å²) in [6.07, 6.45) is 3.93. The number of aromatic nitrogens is 1. The molecule has 2 aromatic rings. The van der Waals surface area contributed by atoms with Gasteiger partial charge in [0, 0.05) is 30.7 Å². The van der Waals surface area contributed by atoms with Gasteiger partial charge in [0.2, 0.25) is 0 Å². The number of hydrogen-bond donors (Lipinski definition) is 1. The number of carbonyl (C=O) groups excluding carboxylic acids is 1. The Kier molecular flexibility index (Phi) is 3.96. The van der Waals surface area contributed by atoms with Crippen LogP contribution in [0.5, 0.6) is 11.5 Å². The van der Waals surface area contributed by atoms with Crippen molar-refractivity contribution in [2.45, 2.75) is 19.8 Å². The summed E-state index contributed by atoms with van der Waals surface area (Å²) in [6.45, 7) is 3.91. The summed E-state index contributed by atoms with van der Waals surface area (Å²) in [4.78, 5) is 17.9. The molecule has 0 spiro atoms. The number of nitrogens with one attached hydrogen (secondary N) is 1. The summed E-state index contributed by atoms with van der Waals surface area (Å²) in [6, 6.07) is 3.73. The van der Waals surface area contributed by atoms with Gasteiger partial charge in [0.1, 0.15) is 0 Å². The first-order valence-corrected chi connectivity index (χ1v) is 7.66. The first kappa shape index (κ1) is 14.8. The van der Waals surface area contributed by atoms with Crippen molar-refractivity contribution < 1.29 is 14.3 Å². The van der Waals surface area contributed by atoms with Crippen LogP contribution in [-0.2, 0) is 0 Å². The van der Waals surface area contributed by atoms with Gasteiger partial charge < -0.3 is 19.4 Å². The molecule has 3 rings (SSSR count). The minimum Gasteiger partial charge on any atom is -0.493 e. The molecule has 0 bridgehead atoms. The average Bonchev–Trinajstić information content (AvgIpc) is 2.96. The van der Waals surface area contributed by atoms with Crippen molar-refractivity contribution in [2.24, 2.45) is 5.92 Å². The van der Waals surface area contributed by atoms with Gasteiger partial charge in [-0.2, -0.15) is 0 Å². The van der Waals surface area contributed by atoms with Crippen molar-refractivity contribution in [3.63, 3.8) is 0 Å². The van der Waals surface area contributed by atoms with Gasteiger partial charge in [-0.15, -0.1) is 0 Å². The van der Waals surface area contributed by atoms with Crippen LogP contribution < -0.4 is 9.47 Å². The van der Waals surface area contributed by atoms with Crippen LogP contribution >= 0.6 is 0 Å². The molecule has 5 heteroatoms. The smallest absolute Gasteiger partial charge is 0.256 e. The van der Waals surface area contributed by atoms with Gasteiger partial charge in [-0.3, -0.25) is 4.79 Å². The topological polar surface area (TPSA) is 54.6 Å². The number of likely N-dealkylation sites (tertiary alicyclic amines) is 1. The SMILES string of the molecule is COc1cc2[nH]cc(C(=O)N3CCC(C)CC3)c2cc1OC. The molecule has 0 radical (unpaired) electrons. The fraction of sp³-hybridized carbons (Fsp3) is 0.471. The molecule has 1 fully saturated rings. The lowest BCUT2D eigenvalue weighted by molar-refractivity contribution is 0.0699. The molecule has 1 saturated heterocycles. The number of hydrogen-bond acceptors (Lipinski definition) is 3. The Morgan fingerprint density at radius 1 is 1.18 bits per heavy atom. The van der Waals surface area contributed by atoms with E-state index in [4.69, 9.17) is 9.47 Å². The Morgan fingerprint density at radius 3 is 2.45 bits per heavy atom. The molecule has 1 N–H and O–H groups in total. The van der Waals surface area contributed by atoms with Gasteiger partial charge in [-0.1, -0.05) is 6.92 Å². The van der Waals surface area contributed by atoms with E-state index in [-0.39, 0.29) is 5.91 Å². The molecule has 2 heterocycles. The average molecular weight is 302 g/mol. The lowest BCUT2D eigenvalue weighted by Crippen LogP contribution is -2.37. The standard InChI is InChI=1S/C17H22N2O3/c1-11-4-6-19(7-5-11)17(20)13-10-18-14-9-16(22-3)15(21-2)8-12(13)14/h8-11,18H,4-7H2,1-3H3. The Labute approximate surface area is 130 Å². The highest BCUT2D eigenvalue weighted by Gasteiger charge is 2.24. The monoisotopic (exact) mass is 302 g/mol. The summed E-state index contributed by atoms with van der Waals surface area (Å²) in [5.41, 5.74) is 1.58. The third-order valence-electron chi connectivity index (χ3n) is 4.49. The first-order valence-electron chi connectivity index (χ1n) is 7.66. The van der Waals surface area contributed by atoms with Gasteiger partial charge in [-0.25, -0.2) is 0 Å². The molecule has 1 aliphatic rings. The molecule has 1 aliphatic heterocycles. The van der Waals surface area contributed by atoms with Crippen LogP contribution in [0, 0.1) is 5.92 Å². The van der Waals surface area contributed by atoms with E-state index < -0.39 is 0 Å². The maximum Gasteiger partial charge on any atom is 0.256 e. The van der Waals surface area contributed by atoms with Crippen LogP contribution in [0.3, 0.4) is 0 Å². The van der Waals surface area contributed by atoms with Crippen LogP contribution in [0.4, 0.5) is 0 Å². The second-order valence-corrected chi connectivity index (χ2v) is 5.93. The summed E-state index contributed by atoms with van der Waals surface area (Å²) in [5, 5.41) is 0.876. The van der Waals surface area contributed by atoms with E-state index in [9.17, 15) is 4.79 Å². The van der Waals surface area contributed by atoms with Crippen LogP contribution in [0.2, 0.25) is 0 Å². The largest absolute Gasteiger partial charge is 0.493 e. The zero-order valence-corrected chi connectivity index (χ0v) is 13.3. The molecule has 0 unspecified atom stereocenters. The van der Waals surface area contributed by atoms with Gasteiger partial charge in [-0.05, 0) is 24.8 Å². The number of aromatic amines is 1. The molecular formula is C17H22N2O3. The van der Waals surface area contributed by atoms with E-state index in [0.717, 1.165) is 36.8 Å². The number of H-pyrrole nitrogens is 1. The predicted molar refractivity (Wildman–Crippen MR) is 85.7 cm³/mol. The van der Waals surface area contributed by atoms with E-state index >= 15 is 0 Å². The maximum absolute atomic E-state index is 12.8. The second kappa shape index (κ2) is 5.91. The van der Waals surface area contributed by atoms with Crippen molar-refractivity contribution in [1.82, 2.24) is 9.88 Å². The molecule has 5 nitrogen and oxygen atoms in total. The van der Waals surface area contributed by atoms with Crippen LogP contribution in [0.25, 0.3) is 10.9 Å². The molecule has 118 valence electrons. The number of piperidine rings is 1. The zero-order chi connectivity index (χ0) is 15.7. The molecule has 1 aromatic carbocycles. The Hall–Kier alpha value is -2.17. The quantitative estimate of drug-likeness (QED) is 0.948. The highest BCUT2D eigenvalue weighted by molar-refractivity contribution is 6.07. The molecular weight excluding hydrogens is 280 g/mol. The third-order valence-corrected chi connectivity index (χ3v) is 4.49. The number of fused-ring (bicyclic) bond motifs is 1. The molecule has 0 saturated carbocycles. The summed E-state index contributed by atoms with van der Waals surface area (Å²) < 4.78 is 10.6. The molecule has 1 aromatic heterocycles. The van der Waals surface area contributed by atoms with Crippen molar-refractivity contribution in [3.8, 4) is 11.5 Å². The number of amides is 1. The minimum absolute atomic E-state index is 0.0883. The molecule has 1 amide bonds. The third kappa shape index (κ3) is 2.51. The molecule has 0 aliphatic carbocycles. The summed E-state index contributed by atoms with van der Waals surface area (Å²) in [5.74, 6) is 2.08. The summed E-state index contributed by atoms with van der Waals surface area (Å²) >= 11 is 0. The van der Waals surface area contributed by atoms with Crippen molar-refractivity contribution in [2.75, 3.05) is 27.3 Å². The number of carbonyl (C=O) groups is 1. The Bertz CT molecular complexity index is 685. The summed E-state index contributed by atoms with van der Waals surface area (Å²) in [7, 11) is 3.21. The zero-order valence-electron chi connectivity index (χ0n) is 13.3. The molecule has 0 atom stereocenters. The highest BCUT2D eigenvalue weighted by Crippen LogP contribution is 2.34. The highest BCUT2D eigenvalue weighted by atomic mass is 16.5. The van der Waals surface area contributed by atoms with Gasteiger partial charge in [0.05, 0.1) is 25.3 Å². The first-order chi connectivity index (χ1) is 10.6. The van der Waals surface area contributed by atoms with Gasteiger partial charge >= 0.3 is 0 Å². The van der Waals surface area contributed by atoms with E-state index in [1.807, 2.05) is 17.0 Å². The van der Waals surface area contributed by atoms with Gasteiger partial charge in [0.25, 0.3) is 5.91 Å². The van der Waals surface area contributed by atoms with Crippen molar-refractivity contribution >= 4 is 16.8 Å². The van der Waals surface area contributed by atoms with Crippen LogP contribution in [0.15, 0.2) is 18.3 Å². The van der Waals surface area contributed by atoms with E-state index in [2.05, 4.69) is 11.9 Å². The van der Waals surface area contributed by atoms with Crippen LogP contribution in [-0.4, -0.2) is 43.1 Å².